The van der Waals surface area contributed by atoms with Gasteiger partial charge in [-0.05, 0) is 30.3 Å². The van der Waals surface area contributed by atoms with Gasteiger partial charge in [0, 0.05) is 16.9 Å². The van der Waals surface area contributed by atoms with Crippen LogP contribution >= 0.6 is 11.8 Å². The van der Waals surface area contributed by atoms with E-state index in [1.165, 1.54) is 18.9 Å². The van der Waals surface area contributed by atoms with Crippen molar-refractivity contribution in [1.29, 1.82) is 0 Å². The molecule has 0 aliphatic heterocycles. The molecule has 1 aromatic heterocycles. The number of carbonyl (C=O) groups excluding carboxylic acids is 1. The highest BCUT2D eigenvalue weighted by Crippen LogP contribution is 2.35. The summed E-state index contributed by atoms with van der Waals surface area (Å²) in [5.41, 5.74) is 0.253. The van der Waals surface area contributed by atoms with Crippen LogP contribution in [0.1, 0.15) is 11.5 Å². The Morgan fingerprint density at radius 2 is 1.90 bits per heavy atom. The van der Waals surface area contributed by atoms with Crippen LogP contribution in [0.2, 0.25) is 0 Å². The molecule has 0 unspecified atom stereocenters. The van der Waals surface area contributed by atoms with E-state index in [-0.39, 0.29) is 36.3 Å². The molecule has 30 heavy (non-hydrogen) atoms. The van der Waals surface area contributed by atoms with Gasteiger partial charge >= 0.3 is 12.1 Å². The monoisotopic (exact) mass is 437 g/mol. The van der Waals surface area contributed by atoms with Crippen molar-refractivity contribution >= 4 is 17.7 Å². The van der Waals surface area contributed by atoms with Gasteiger partial charge in [0.25, 0.3) is 0 Å². The second kappa shape index (κ2) is 9.71. The van der Waals surface area contributed by atoms with E-state index in [0.717, 1.165) is 4.90 Å². The normalized spacial score (nSPS) is 11.3. The Labute approximate surface area is 175 Å². The van der Waals surface area contributed by atoms with E-state index in [0.29, 0.717) is 11.3 Å². The zero-order valence-corrected chi connectivity index (χ0v) is 16.8. The molecule has 0 bridgehead atoms. The average molecular weight is 437 g/mol. The third-order valence-corrected chi connectivity index (χ3v) is 4.94. The molecule has 1 heterocycles. The Hall–Kier alpha value is -2.94. The van der Waals surface area contributed by atoms with Crippen LogP contribution in [0.25, 0.3) is 11.5 Å². The summed E-state index contributed by atoms with van der Waals surface area (Å²) in [5.74, 6) is -0.932. The highest BCUT2D eigenvalue weighted by molar-refractivity contribution is 8.00. The molecular weight excluding hydrogens is 419 g/mol. The minimum absolute atomic E-state index is 0.0189. The Balaban J connectivity index is 1.67. The fourth-order valence-electron chi connectivity index (χ4n) is 2.57. The number of hydrogen-bond acceptors (Lipinski definition) is 6. The van der Waals surface area contributed by atoms with Gasteiger partial charge in [0.2, 0.25) is 11.7 Å². The van der Waals surface area contributed by atoms with Crippen LogP contribution < -0.4 is 4.74 Å². The second-order valence-electron chi connectivity index (χ2n) is 6.10. The molecule has 0 aliphatic rings. The Bertz CT molecular complexity index is 989. The molecule has 0 atom stereocenters. The fourth-order valence-corrected chi connectivity index (χ4v) is 3.34. The number of rotatable bonds is 8. The van der Waals surface area contributed by atoms with Crippen molar-refractivity contribution in [2.24, 2.45) is 0 Å². The van der Waals surface area contributed by atoms with E-state index in [2.05, 4.69) is 9.72 Å². The quantitative estimate of drug-likeness (QED) is 0.355. The number of oxazole rings is 1. The van der Waals surface area contributed by atoms with Gasteiger partial charge in [-0.3, -0.25) is 4.79 Å². The first-order valence-electron chi connectivity index (χ1n) is 8.91. The summed E-state index contributed by atoms with van der Waals surface area (Å²) in [7, 11) is 1.31. The van der Waals surface area contributed by atoms with E-state index in [1.54, 1.807) is 54.6 Å². The zero-order chi connectivity index (χ0) is 21.6. The number of hydrogen-bond donors (Lipinski definition) is 0. The first kappa shape index (κ1) is 21.8. The van der Waals surface area contributed by atoms with Gasteiger partial charge in [0.1, 0.15) is 5.75 Å². The molecule has 2 aromatic carbocycles. The minimum atomic E-state index is -4.65. The Morgan fingerprint density at radius 3 is 2.60 bits per heavy atom. The number of carbonyl (C=O) groups is 1. The maximum absolute atomic E-state index is 13.3. The molecule has 0 N–H and O–H groups in total. The van der Waals surface area contributed by atoms with E-state index in [4.69, 9.17) is 9.15 Å². The number of esters is 1. The maximum atomic E-state index is 13.3. The molecule has 0 fully saturated rings. The lowest BCUT2D eigenvalue weighted by molar-refractivity contribution is -0.153. The topological polar surface area (TPSA) is 61.6 Å². The van der Waals surface area contributed by atoms with E-state index in [1.807, 2.05) is 0 Å². The molecule has 5 nitrogen and oxygen atoms in total. The van der Waals surface area contributed by atoms with Crippen molar-refractivity contribution in [3.8, 4) is 17.2 Å². The third-order valence-electron chi connectivity index (χ3n) is 3.97. The lowest BCUT2D eigenvalue weighted by atomic mass is 10.2. The molecule has 9 heteroatoms. The van der Waals surface area contributed by atoms with Gasteiger partial charge < -0.3 is 13.9 Å². The number of alkyl halides is 3. The van der Waals surface area contributed by atoms with Crippen LogP contribution in [0.5, 0.6) is 5.75 Å². The Kier molecular flexibility index (Phi) is 7.04. The molecule has 0 saturated carbocycles. The SMILES string of the molecule is COC(=O)CSc1cccc(OCCc2nc(-c3ccccc3)oc2C(F)(F)F)c1. The number of ether oxygens (including phenoxy) is 2. The first-order chi connectivity index (χ1) is 14.4. The summed E-state index contributed by atoms with van der Waals surface area (Å²) in [6.45, 7) is -0.0189. The number of benzene rings is 2. The highest BCUT2D eigenvalue weighted by Gasteiger charge is 2.39. The van der Waals surface area contributed by atoms with Crippen molar-refractivity contribution in [1.82, 2.24) is 4.98 Å². The predicted molar refractivity (Wildman–Crippen MR) is 105 cm³/mol. The van der Waals surface area contributed by atoms with Crippen LogP contribution in [0, 0.1) is 0 Å². The lowest BCUT2D eigenvalue weighted by Crippen LogP contribution is -2.10. The van der Waals surface area contributed by atoms with Gasteiger partial charge in [-0.1, -0.05) is 24.3 Å². The van der Waals surface area contributed by atoms with Crippen molar-refractivity contribution in [2.45, 2.75) is 17.5 Å². The van der Waals surface area contributed by atoms with Gasteiger partial charge in [0.05, 0.1) is 25.2 Å². The molecule has 0 aliphatic carbocycles. The largest absolute Gasteiger partial charge is 0.493 e. The van der Waals surface area contributed by atoms with Gasteiger partial charge in [-0.25, -0.2) is 4.98 Å². The number of halogens is 3. The summed E-state index contributed by atoms with van der Waals surface area (Å²) in [5, 5.41) is 0. The van der Waals surface area contributed by atoms with E-state index in [9.17, 15) is 18.0 Å². The van der Waals surface area contributed by atoms with Crippen molar-refractivity contribution in [2.75, 3.05) is 19.5 Å². The zero-order valence-electron chi connectivity index (χ0n) is 15.9. The minimum Gasteiger partial charge on any atom is -0.493 e. The Morgan fingerprint density at radius 1 is 1.13 bits per heavy atom. The van der Waals surface area contributed by atoms with Gasteiger partial charge in [0.15, 0.2) is 0 Å². The first-order valence-corrected chi connectivity index (χ1v) is 9.90. The van der Waals surface area contributed by atoms with E-state index < -0.39 is 11.9 Å². The highest BCUT2D eigenvalue weighted by atomic mass is 32.2. The molecule has 0 amide bonds. The van der Waals surface area contributed by atoms with Crippen LogP contribution in [0.4, 0.5) is 13.2 Å². The summed E-state index contributed by atoms with van der Waals surface area (Å²) in [6.07, 6.45) is -4.73. The summed E-state index contributed by atoms with van der Waals surface area (Å²) in [6, 6.07) is 15.3. The van der Waals surface area contributed by atoms with Crippen molar-refractivity contribution in [3.63, 3.8) is 0 Å². The predicted octanol–water partition coefficient (Wildman–Crippen LogP) is 5.25. The average Bonchev–Trinajstić information content (AvgIpc) is 3.18. The number of methoxy groups -OCH3 is 1. The van der Waals surface area contributed by atoms with Gasteiger partial charge in [-0.15, -0.1) is 11.8 Å². The molecule has 0 spiro atoms. The van der Waals surface area contributed by atoms with E-state index >= 15 is 0 Å². The maximum Gasteiger partial charge on any atom is 0.451 e. The summed E-state index contributed by atoms with van der Waals surface area (Å²) < 4.78 is 55.2. The summed E-state index contributed by atoms with van der Waals surface area (Å²) >= 11 is 1.27. The number of thioether (sulfide) groups is 1. The third kappa shape index (κ3) is 5.79. The molecule has 0 saturated heterocycles. The molecule has 3 aromatic rings. The molecule has 3 rings (SSSR count). The second-order valence-corrected chi connectivity index (χ2v) is 7.15. The lowest BCUT2D eigenvalue weighted by Gasteiger charge is -2.08. The molecule has 0 radical (unpaired) electrons. The molecule has 158 valence electrons. The van der Waals surface area contributed by atoms with Crippen LogP contribution in [-0.2, 0) is 22.1 Å². The summed E-state index contributed by atoms with van der Waals surface area (Å²) in [4.78, 5) is 16.0. The van der Waals surface area contributed by atoms with Crippen LogP contribution in [0.15, 0.2) is 63.9 Å². The molecular formula is C21H18F3NO4S. The van der Waals surface area contributed by atoms with Crippen molar-refractivity contribution < 1.29 is 31.9 Å². The van der Waals surface area contributed by atoms with Crippen LogP contribution in [-0.4, -0.2) is 30.4 Å². The van der Waals surface area contributed by atoms with Gasteiger partial charge in [-0.2, -0.15) is 13.2 Å². The fraction of sp³-hybridized carbons (Fsp3) is 0.238. The standard InChI is InChI=1S/C21H18F3NO4S/c1-27-18(26)13-30-16-9-5-8-15(12-16)28-11-10-17-19(21(22,23)24)29-20(25-17)14-6-3-2-4-7-14/h2-9,12H,10-11,13H2,1H3. The smallest absolute Gasteiger partial charge is 0.451 e. The van der Waals surface area contributed by atoms with Crippen molar-refractivity contribution in [3.05, 3.63) is 66.1 Å². The number of aromatic nitrogens is 1. The van der Waals surface area contributed by atoms with Crippen LogP contribution in [0.3, 0.4) is 0 Å². The number of nitrogens with zero attached hydrogens (tertiary/aromatic N) is 1.